The minimum absolute atomic E-state index is 0.828. The second-order valence-electron chi connectivity index (χ2n) is 16.3. The minimum atomic E-state index is 0.828. The van der Waals surface area contributed by atoms with E-state index >= 15 is 0 Å². The van der Waals surface area contributed by atoms with Gasteiger partial charge in [-0.25, -0.2) is 0 Å². The van der Waals surface area contributed by atoms with Crippen LogP contribution in [0.2, 0.25) is 0 Å². The number of hydrogen-bond acceptors (Lipinski definition) is 3. The van der Waals surface area contributed by atoms with Crippen molar-refractivity contribution in [1.82, 2.24) is 9.13 Å². The molecule has 0 aliphatic heterocycles. The van der Waals surface area contributed by atoms with Gasteiger partial charge >= 0.3 is 0 Å². The average molecular weight is 839 g/mol. The second-order valence-corrected chi connectivity index (χ2v) is 16.3. The summed E-state index contributed by atoms with van der Waals surface area (Å²) in [5, 5.41) is 2.33. The third-order valence-electron chi connectivity index (χ3n) is 12.2. The number of benzene rings is 9. The molecule has 5 nitrogen and oxygen atoms in total. The molecule has 5 heteroatoms. The number of hydrogen-bond donors (Lipinski definition) is 0. The van der Waals surface area contributed by atoms with E-state index in [0.717, 1.165) is 84.8 Å². The minimum Gasteiger partial charge on any atom is -0.497 e. The van der Waals surface area contributed by atoms with E-state index in [1.807, 2.05) is 12.1 Å². The van der Waals surface area contributed by atoms with Crippen LogP contribution >= 0.6 is 0 Å². The molecule has 0 radical (unpaired) electrons. The van der Waals surface area contributed by atoms with Crippen molar-refractivity contribution in [2.45, 2.75) is 6.92 Å². The number of methoxy groups -OCH3 is 1. The van der Waals surface area contributed by atoms with Crippen molar-refractivity contribution in [3.05, 3.63) is 248 Å². The summed E-state index contributed by atoms with van der Waals surface area (Å²) in [6.07, 6.45) is 0. The molecule has 0 aliphatic carbocycles. The summed E-state index contributed by atoms with van der Waals surface area (Å²) in [6.45, 7) is 2.13. The second kappa shape index (κ2) is 17.0. The van der Waals surface area contributed by atoms with Crippen LogP contribution in [0.1, 0.15) is 5.56 Å². The van der Waals surface area contributed by atoms with E-state index < -0.39 is 0 Å². The predicted octanol–water partition coefficient (Wildman–Crippen LogP) is 16.2. The van der Waals surface area contributed by atoms with E-state index in [1.165, 1.54) is 16.3 Å². The maximum atomic E-state index is 5.49. The molecule has 0 atom stereocenters. The van der Waals surface area contributed by atoms with Gasteiger partial charge in [0.2, 0.25) is 0 Å². The van der Waals surface area contributed by atoms with Gasteiger partial charge in [0.1, 0.15) is 5.75 Å². The summed E-state index contributed by atoms with van der Waals surface area (Å²) in [4.78, 5) is 4.59. The highest BCUT2D eigenvalue weighted by atomic mass is 16.5. The Morgan fingerprint density at radius 1 is 0.338 bits per heavy atom. The first-order valence-corrected chi connectivity index (χ1v) is 22.0. The van der Waals surface area contributed by atoms with Crippen molar-refractivity contribution in [3.8, 4) is 39.6 Å². The molecule has 0 saturated heterocycles. The molecule has 11 rings (SSSR count). The largest absolute Gasteiger partial charge is 0.497 e. The number of fused-ring (bicyclic) bond motifs is 2. The van der Waals surface area contributed by atoms with Crippen molar-refractivity contribution in [3.63, 3.8) is 0 Å². The lowest BCUT2D eigenvalue weighted by Gasteiger charge is -2.25. The number of rotatable bonds is 11. The molecule has 2 aromatic heterocycles. The van der Waals surface area contributed by atoms with Gasteiger partial charge in [-0.2, -0.15) is 0 Å². The van der Waals surface area contributed by atoms with Crippen molar-refractivity contribution < 1.29 is 4.74 Å². The predicted molar refractivity (Wildman–Crippen MR) is 272 cm³/mol. The molecule has 0 aliphatic rings. The maximum Gasteiger partial charge on any atom is 0.119 e. The standard InChI is InChI=1S/C60H46N4O/c1-43-23-29-52(30-24-43)61(48-15-7-3-8-16-48)53-31-25-44(26-32-53)57-39-46-41-60-47(42-59(46)63(57)50-19-11-5-12-20-50)40-58(64(60)51-21-13-6-14-22-51)45-27-33-54(34-28-45)62(49-17-9-4-10-18-49)55-35-37-56(65-2)38-36-55/h3-42H,1-2H3. The smallest absolute Gasteiger partial charge is 0.119 e. The summed E-state index contributed by atoms with van der Waals surface area (Å²) >= 11 is 0. The van der Waals surface area contributed by atoms with E-state index in [4.69, 9.17) is 4.74 Å². The average Bonchev–Trinajstić information content (AvgIpc) is 3.94. The first-order valence-electron chi connectivity index (χ1n) is 22.0. The molecule has 65 heavy (non-hydrogen) atoms. The van der Waals surface area contributed by atoms with Crippen molar-refractivity contribution in [1.29, 1.82) is 0 Å². The Bertz CT molecular complexity index is 3360. The lowest BCUT2D eigenvalue weighted by molar-refractivity contribution is 0.415. The van der Waals surface area contributed by atoms with E-state index in [1.54, 1.807) is 7.11 Å². The van der Waals surface area contributed by atoms with Crippen LogP contribution in [0.15, 0.2) is 243 Å². The molecule has 2 heterocycles. The van der Waals surface area contributed by atoms with Gasteiger partial charge in [0.15, 0.2) is 0 Å². The quantitative estimate of drug-likeness (QED) is 0.130. The zero-order valence-corrected chi connectivity index (χ0v) is 36.3. The fourth-order valence-electron chi connectivity index (χ4n) is 9.08. The Kier molecular flexibility index (Phi) is 10.3. The van der Waals surface area contributed by atoms with Gasteiger partial charge in [0.05, 0.1) is 29.5 Å². The van der Waals surface area contributed by atoms with Crippen molar-refractivity contribution >= 4 is 55.9 Å². The summed E-state index contributed by atoms with van der Waals surface area (Å²) < 4.78 is 10.3. The van der Waals surface area contributed by atoms with Crippen LogP contribution in [0.25, 0.3) is 55.7 Å². The van der Waals surface area contributed by atoms with E-state index in [-0.39, 0.29) is 0 Å². The first kappa shape index (κ1) is 39.3. The summed E-state index contributed by atoms with van der Waals surface area (Å²) in [5.74, 6) is 0.828. The van der Waals surface area contributed by atoms with E-state index in [2.05, 4.69) is 256 Å². The highest BCUT2D eigenvalue weighted by molar-refractivity contribution is 6.02. The normalized spacial score (nSPS) is 11.2. The van der Waals surface area contributed by atoms with Gasteiger partial charge in [-0.05, 0) is 152 Å². The molecular weight excluding hydrogens is 793 g/mol. The molecule has 0 spiro atoms. The highest BCUT2D eigenvalue weighted by Gasteiger charge is 2.20. The summed E-state index contributed by atoms with van der Waals surface area (Å²) in [6, 6.07) is 86.8. The van der Waals surface area contributed by atoms with Crippen LogP contribution in [0.4, 0.5) is 34.1 Å². The molecule has 9 aromatic carbocycles. The van der Waals surface area contributed by atoms with Crippen LogP contribution in [0.3, 0.4) is 0 Å². The fraction of sp³-hybridized carbons (Fsp3) is 0.0333. The van der Waals surface area contributed by atoms with Crippen LogP contribution in [0, 0.1) is 6.92 Å². The topological polar surface area (TPSA) is 25.6 Å². The van der Waals surface area contributed by atoms with Crippen LogP contribution in [0.5, 0.6) is 5.75 Å². The van der Waals surface area contributed by atoms with Crippen molar-refractivity contribution in [2.24, 2.45) is 0 Å². The Balaban J connectivity index is 1.03. The molecule has 0 unspecified atom stereocenters. The fourth-order valence-corrected chi connectivity index (χ4v) is 9.08. The SMILES string of the molecule is COc1ccc(N(c2ccccc2)c2ccc(-c3cc4cc5c(cc(-c6ccc(N(c7ccccc7)c7ccc(C)cc7)cc6)n5-c5ccccc5)cc4n3-c3ccccc3)cc2)cc1. The van der Waals surface area contributed by atoms with Crippen LogP contribution < -0.4 is 14.5 Å². The Morgan fingerprint density at radius 3 is 1.03 bits per heavy atom. The van der Waals surface area contributed by atoms with Gasteiger partial charge in [-0.3, -0.25) is 0 Å². The lowest BCUT2D eigenvalue weighted by Crippen LogP contribution is -2.09. The molecular formula is C60H46N4O. The number of anilines is 6. The molecule has 0 amide bonds. The summed E-state index contributed by atoms with van der Waals surface area (Å²) in [7, 11) is 1.70. The number of ether oxygens (including phenoxy) is 1. The first-order chi connectivity index (χ1) is 32.1. The monoisotopic (exact) mass is 838 g/mol. The van der Waals surface area contributed by atoms with E-state index in [9.17, 15) is 0 Å². The van der Waals surface area contributed by atoms with Crippen LogP contribution in [-0.4, -0.2) is 16.2 Å². The third kappa shape index (κ3) is 7.49. The molecule has 0 fully saturated rings. The summed E-state index contributed by atoms with van der Waals surface area (Å²) in [5.41, 5.74) is 16.8. The van der Waals surface area contributed by atoms with Gasteiger partial charge in [-0.1, -0.05) is 115 Å². The number of aromatic nitrogens is 2. The van der Waals surface area contributed by atoms with Gasteiger partial charge in [0.25, 0.3) is 0 Å². The third-order valence-corrected chi connectivity index (χ3v) is 12.2. The highest BCUT2D eigenvalue weighted by Crippen LogP contribution is 2.42. The van der Waals surface area contributed by atoms with Gasteiger partial charge < -0.3 is 23.7 Å². The Labute approximate surface area is 379 Å². The van der Waals surface area contributed by atoms with E-state index in [0.29, 0.717) is 0 Å². The van der Waals surface area contributed by atoms with Crippen LogP contribution in [-0.2, 0) is 0 Å². The number of nitrogens with zero attached hydrogens (tertiary/aromatic N) is 4. The maximum absolute atomic E-state index is 5.49. The Morgan fingerprint density at radius 2 is 0.662 bits per heavy atom. The molecule has 0 N–H and O–H groups in total. The Hall–Kier alpha value is -8.54. The molecule has 312 valence electrons. The zero-order valence-electron chi connectivity index (χ0n) is 36.3. The van der Waals surface area contributed by atoms with Crippen molar-refractivity contribution in [2.75, 3.05) is 16.9 Å². The number of aryl methyl sites for hydroxylation is 1. The van der Waals surface area contributed by atoms with Gasteiger partial charge in [-0.15, -0.1) is 0 Å². The molecule has 0 saturated carbocycles. The number of para-hydroxylation sites is 4. The molecule has 0 bridgehead atoms. The lowest BCUT2D eigenvalue weighted by atomic mass is 10.1. The molecule has 11 aromatic rings. The zero-order chi connectivity index (χ0) is 43.7. The van der Waals surface area contributed by atoms with Gasteiger partial charge in [0, 0.05) is 56.3 Å².